The van der Waals surface area contributed by atoms with Gasteiger partial charge in [-0.1, -0.05) is 28.1 Å². The van der Waals surface area contributed by atoms with Gasteiger partial charge in [0.25, 0.3) is 0 Å². The van der Waals surface area contributed by atoms with E-state index >= 15 is 0 Å². The highest BCUT2D eigenvalue weighted by Crippen LogP contribution is 2.48. The lowest BCUT2D eigenvalue weighted by Crippen LogP contribution is -2.61. The molecule has 1 aliphatic rings. The molecule has 1 heterocycles. The van der Waals surface area contributed by atoms with Crippen LogP contribution in [0.4, 0.5) is 4.79 Å². The van der Waals surface area contributed by atoms with Crippen LogP contribution in [0.25, 0.3) is 11.3 Å². The van der Waals surface area contributed by atoms with E-state index in [1.54, 1.807) is 11.1 Å². The summed E-state index contributed by atoms with van der Waals surface area (Å²) in [7, 11) is 0. The molecule has 1 amide bonds. The van der Waals surface area contributed by atoms with E-state index in [-0.39, 0.29) is 0 Å². The van der Waals surface area contributed by atoms with Crippen molar-refractivity contribution in [2.24, 2.45) is 0 Å². The number of carbonyl (C=O) groups is 1. The van der Waals surface area contributed by atoms with E-state index in [4.69, 9.17) is 0 Å². The van der Waals surface area contributed by atoms with Gasteiger partial charge in [-0.05, 0) is 57.7 Å². The number of benzene rings is 1. The maximum Gasteiger partial charge on any atom is 0.408 e. The molecule has 2 aromatic rings. The molecule has 0 saturated heterocycles. The summed E-state index contributed by atoms with van der Waals surface area (Å²) in [6, 6.07) is 7.97. The average molecular weight is 392 g/mol. The average Bonchev–Trinajstić information content (AvgIpc) is 2.91. The first-order valence-electron chi connectivity index (χ1n) is 8.09. The molecule has 3 rings (SSSR count). The first-order chi connectivity index (χ1) is 11.2. The van der Waals surface area contributed by atoms with Crippen molar-refractivity contribution in [3.63, 3.8) is 0 Å². The number of aromatic amines is 1. The molecule has 1 fully saturated rings. The topological polar surface area (TPSA) is 69.2 Å². The first kappa shape index (κ1) is 17.0. The number of imidazole rings is 1. The summed E-state index contributed by atoms with van der Waals surface area (Å²) in [6.45, 7) is 5.79. The Morgan fingerprint density at radius 3 is 2.38 bits per heavy atom. The van der Waals surface area contributed by atoms with Gasteiger partial charge in [0.2, 0.25) is 0 Å². The van der Waals surface area contributed by atoms with Gasteiger partial charge in [0.05, 0.1) is 11.9 Å². The van der Waals surface area contributed by atoms with Crippen LogP contribution in [0.3, 0.4) is 0 Å². The van der Waals surface area contributed by atoms with E-state index < -0.39 is 17.2 Å². The first-order valence-corrected chi connectivity index (χ1v) is 8.88. The Kier molecular flexibility index (Phi) is 4.20. The molecule has 128 valence electrons. The minimum absolute atomic E-state index is 0.489. The molecule has 0 unspecified atom stereocenters. The molecule has 1 saturated carbocycles. The van der Waals surface area contributed by atoms with Gasteiger partial charge in [0.1, 0.15) is 11.4 Å². The van der Waals surface area contributed by atoms with E-state index in [0.717, 1.165) is 40.8 Å². The Morgan fingerprint density at radius 2 is 1.92 bits per heavy atom. The van der Waals surface area contributed by atoms with Crippen molar-refractivity contribution in [1.82, 2.24) is 14.9 Å². The molecule has 1 aliphatic carbocycles. The summed E-state index contributed by atoms with van der Waals surface area (Å²) in [6.07, 6.45) is 3.49. The Hall–Kier alpha value is -1.82. The number of nitrogens with zero attached hydrogens (tertiary/aromatic N) is 2. The Labute approximate surface area is 150 Å². The number of H-pyrrole nitrogens is 1. The molecule has 6 heteroatoms. The summed E-state index contributed by atoms with van der Waals surface area (Å²) in [5, 5.41) is 9.80. The predicted octanol–water partition coefficient (Wildman–Crippen LogP) is 5.00. The number of hydrogen-bond acceptors (Lipinski definition) is 2. The second-order valence-corrected chi connectivity index (χ2v) is 8.24. The van der Waals surface area contributed by atoms with Crippen LogP contribution in [-0.2, 0) is 5.54 Å². The van der Waals surface area contributed by atoms with Crippen molar-refractivity contribution >= 4 is 22.0 Å². The minimum Gasteiger partial charge on any atom is -0.465 e. The second kappa shape index (κ2) is 5.92. The van der Waals surface area contributed by atoms with E-state index in [0.29, 0.717) is 0 Å². The highest BCUT2D eigenvalue weighted by molar-refractivity contribution is 9.10. The van der Waals surface area contributed by atoms with Crippen molar-refractivity contribution in [2.45, 2.75) is 51.1 Å². The molecular weight excluding hydrogens is 370 g/mol. The van der Waals surface area contributed by atoms with Crippen molar-refractivity contribution in [3.8, 4) is 11.3 Å². The van der Waals surface area contributed by atoms with Crippen molar-refractivity contribution in [2.75, 3.05) is 0 Å². The largest absolute Gasteiger partial charge is 0.465 e. The Bertz CT molecular complexity index is 742. The normalized spacial score (nSPS) is 16.5. The fraction of sp³-hybridized carbons (Fsp3) is 0.444. The molecule has 1 aromatic carbocycles. The summed E-state index contributed by atoms with van der Waals surface area (Å²) < 4.78 is 1.02. The number of carboxylic acid groups (broad SMARTS) is 1. The number of hydrogen-bond donors (Lipinski definition) is 2. The van der Waals surface area contributed by atoms with Crippen LogP contribution in [0, 0.1) is 0 Å². The lowest BCUT2D eigenvalue weighted by Gasteiger charge is -2.52. The van der Waals surface area contributed by atoms with Crippen LogP contribution >= 0.6 is 15.9 Å². The van der Waals surface area contributed by atoms with Gasteiger partial charge in [0.15, 0.2) is 0 Å². The van der Waals surface area contributed by atoms with Gasteiger partial charge in [-0.3, -0.25) is 4.90 Å². The van der Waals surface area contributed by atoms with E-state index in [1.165, 1.54) is 0 Å². The molecule has 0 atom stereocenters. The number of halogens is 1. The maximum absolute atomic E-state index is 12.0. The summed E-state index contributed by atoms with van der Waals surface area (Å²) in [4.78, 5) is 21.4. The summed E-state index contributed by atoms with van der Waals surface area (Å²) >= 11 is 3.43. The molecule has 0 bridgehead atoms. The SMILES string of the molecule is CC(C)(C)N(C(=O)O)C1(c2ncc(-c3ccc(Br)cc3)[nH]2)CCC1. The number of rotatable bonds is 3. The predicted molar refractivity (Wildman–Crippen MR) is 96.9 cm³/mol. The van der Waals surface area contributed by atoms with Crippen LogP contribution in [0.5, 0.6) is 0 Å². The monoisotopic (exact) mass is 391 g/mol. The van der Waals surface area contributed by atoms with Crippen LogP contribution in [-0.4, -0.2) is 31.6 Å². The van der Waals surface area contributed by atoms with Crippen molar-refractivity contribution in [1.29, 1.82) is 0 Å². The van der Waals surface area contributed by atoms with Crippen LogP contribution in [0.2, 0.25) is 0 Å². The van der Waals surface area contributed by atoms with Gasteiger partial charge in [-0.15, -0.1) is 0 Å². The van der Waals surface area contributed by atoms with E-state index in [9.17, 15) is 9.90 Å². The van der Waals surface area contributed by atoms with Gasteiger partial charge < -0.3 is 10.1 Å². The Balaban J connectivity index is 2.00. The van der Waals surface area contributed by atoms with Crippen LogP contribution in [0.1, 0.15) is 45.9 Å². The van der Waals surface area contributed by atoms with Crippen molar-refractivity contribution in [3.05, 3.63) is 40.8 Å². The molecule has 0 aliphatic heterocycles. The third kappa shape index (κ3) is 2.83. The molecule has 0 radical (unpaired) electrons. The molecule has 0 spiro atoms. The smallest absolute Gasteiger partial charge is 0.408 e. The third-order valence-corrected chi connectivity index (χ3v) is 5.17. The summed E-state index contributed by atoms with van der Waals surface area (Å²) in [5.74, 6) is 0.740. The van der Waals surface area contributed by atoms with Crippen LogP contribution in [0.15, 0.2) is 34.9 Å². The minimum atomic E-state index is -0.899. The second-order valence-electron chi connectivity index (χ2n) is 7.33. The fourth-order valence-electron chi connectivity index (χ4n) is 3.52. The highest BCUT2D eigenvalue weighted by Gasteiger charge is 2.52. The zero-order valence-electron chi connectivity index (χ0n) is 14.1. The zero-order valence-corrected chi connectivity index (χ0v) is 15.7. The number of nitrogens with one attached hydrogen (secondary N) is 1. The lowest BCUT2D eigenvalue weighted by molar-refractivity contribution is -0.0377. The van der Waals surface area contributed by atoms with Crippen molar-refractivity contribution < 1.29 is 9.90 Å². The highest BCUT2D eigenvalue weighted by atomic mass is 79.9. The van der Waals surface area contributed by atoms with Crippen LogP contribution < -0.4 is 0 Å². The lowest BCUT2D eigenvalue weighted by atomic mass is 9.73. The van der Waals surface area contributed by atoms with E-state index in [2.05, 4.69) is 25.9 Å². The zero-order chi connectivity index (χ0) is 17.5. The Morgan fingerprint density at radius 1 is 1.29 bits per heavy atom. The summed E-state index contributed by atoms with van der Waals surface area (Å²) in [5.41, 5.74) is 0.890. The standard InChI is InChI=1S/C18H22BrN3O2/c1-17(2,3)22(16(23)24)18(9-4-10-18)15-20-11-14(21-15)12-5-7-13(19)8-6-12/h5-8,11H,4,9-10H2,1-3H3,(H,20,21)(H,23,24). The number of aromatic nitrogens is 2. The van der Waals surface area contributed by atoms with Gasteiger partial charge >= 0.3 is 6.09 Å². The van der Waals surface area contributed by atoms with Gasteiger partial charge in [-0.25, -0.2) is 9.78 Å². The van der Waals surface area contributed by atoms with Gasteiger partial charge in [0, 0.05) is 10.0 Å². The molecule has 1 aromatic heterocycles. The molecule has 2 N–H and O–H groups in total. The fourth-order valence-corrected chi connectivity index (χ4v) is 3.79. The maximum atomic E-state index is 12.0. The molecule has 5 nitrogen and oxygen atoms in total. The third-order valence-electron chi connectivity index (χ3n) is 4.64. The quantitative estimate of drug-likeness (QED) is 0.773. The van der Waals surface area contributed by atoms with Gasteiger partial charge in [-0.2, -0.15) is 0 Å². The molecular formula is C18H22BrN3O2. The van der Waals surface area contributed by atoms with E-state index in [1.807, 2.05) is 45.0 Å². The number of amides is 1. The molecule has 24 heavy (non-hydrogen) atoms.